The van der Waals surface area contributed by atoms with Crippen molar-refractivity contribution in [2.45, 2.75) is 13.3 Å². The third-order valence-electron chi connectivity index (χ3n) is 2.66. The first-order valence-corrected chi connectivity index (χ1v) is 5.65. The number of nitrogens with one attached hydrogen (secondary N) is 1. The molecule has 88 valence electrons. The zero-order valence-corrected chi connectivity index (χ0v) is 10.1. The Morgan fingerprint density at radius 2 is 1.88 bits per heavy atom. The molecule has 0 spiro atoms. The molecule has 4 nitrogen and oxygen atoms in total. The standard InChI is InChI=1S/C13H16N4/c1-3-10-11(9-7-5-4-6-8-9)16-13(15-2)17-12(10)14/h4-8H,3H2,1-2H3,(H3,14,15,16,17). The van der Waals surface area contributed by atoms with E-state index >= 15 is 0 Å². The summed E-state index contributed by atoms with van der Waals surface area (Å²) in [5.41, 5.74) is 8.92. The van der Waals surface area contributed by atoms with E-state index in [1.54, 1.807) is 7.05 Å². The van der Waals surface area contributed by atoms with E-state index < -0.39 is 0 Å². The van der Waals surface area contributed by atoms with Crippen LogP contribution in [0.4, 0.5) is 11.8 Å². The third kappa shape index (κ3) is 2.20. The van der Waals surface area contributed by atoms with Gasteiger partial charge >= 0.3 is 0 Å². The van der Waals surface area contributed by atoms with Crippen LogP contribution in [0.25, 0.3) is 11.3 Å². The number of anilines is 2. The lowest BCUT2D eigenvalue weighted by atomic mass is 10.0. The topological polar surface area (TPSA) is 63.8 Å². The molecule has 0 fully saturated rings. The number of hydrogen-bond acceptors (Lipinski definition) is 4. The summed E-state index contributed by atoms with van der Waals surface area (Å²) in [4.78, 5) is 8.70. The lowest BCUT2D eigenvalue weighted by molar-refractivity contribution is 1.06. The molecular weight excluding hydrogens is 212 g/mol. The first kappa shape index (κ1) is 11.4. The second kappa shape index (κ2) is 4.82. The highest BCUT2D eigenvalue weighted by Gasteiger charge is 2.11. The van der Waals surface area contributed by atoms with Crippen LogP contribution >= 0.6 is 0 Å². The van der Waals surface area contributed by atoms with Crippen molar-refractivity contribution < 1.29 is 0 Å². The molecule has 2 rings (SSSR count). The molecule has 4 heteroatoms. The second-order valence-electron chi connectivity index (χ2n) is 3.73. The van der Waals surface area contributed by atoms with Gasteiger partial charge in [0.05, 0.1) is 5.69 Å². The molecule has 17 heavy (non-hydrogen) atoms. The van der Waals surface area contributed by atoms with Crippen LogP contribution in [0.2, 0.25) is 0 Å². The van der Waals surface area contributed by atoms with Gasteiger partial charge < -0.3 is 11.1 Å². The molecule has 0 unspecified atom stereocenters. The monoisotopic (exact) mass is 228 g/mol. The van der Waals surface area contributed by atoms with Gasteiger partial charge in [-0.3, -0.25) is 0 Å². The molecule has 0 atom stereocenters. The van der Waals surface area contributed by atoms with Crippen molar-refractivity contribution in [3.05, 3.63) is 35.9 Å². The fourth-order valence-corrected chi connectivity index (χ4v) is 1.80. The summed E-state index contributed by atoms with van der Waals surface area (Å²) in [7, 11) is 1.79. The first-order valence-electron chi connectivity index (χ1n) is 5.65. The number of nitrogens with zero attached hydrogens (tertiary/aromatic N) is 2. The number of nitrogen functional groups attached to an aromatic ring is 1. The zero-order valence-electron chi connectivity index (χ0n) is 10.1. The fourth-order valence-electron chi connectivity index (χ4n) is 1.80. The Morgan fingerprint density at radius 3 is 2.47 bits per heavy atom. The van der Waals surface area contributed by atoms with Gasteiger partial charge in [-0.05, 0) is 6.42 Å². The van der Waals surface area contributed by atoms with E-state index in [-0.39, 0.29) is 0 Å². The fraction of sp³-hybridized carbons (Fsp3) is 0.231. The average molecular weight is 228 g/mol. The van der Waals surface area contributed by atoms with Gasteiger partial charge in [0.1, 0.15) is 5.82 Å². The Bertz CT molecular complexity index is 508. The van der Waals surface area contributed by atoms with Crippen LogP contribution in [0.5, 0.6) is 0 Å². The zero-order chi connectivity index (χ0) is 12.3. The summed E-state index contributed by atoms with van der Waals surface area (Å²) >= 11 is 0. The van der Waals surface area contributed by atoms with Crippen LogP contribution in [0.15, 0.2) is 30.3 Å². The maximum absolute atomic E-state index is 5.95. The van der Waals surface area contributed by atoms with E-state index in [2.05, 4.69) is 22.2 Å². The van der Waals surface area contributed by atoms with Crippen LogP contribution in [-0.2, 0) is 6.42 Å². The number of nitrogens with two attached hydrogens (primary N) is 1. The predicted octanol–water partition coefficient (Wildman–Crippen LogP) is 2.33. The van der Waals surface area contributed by atoms with Crippen molar-refractivity contribution in [1.29, 1.82) is 0 Å². The summed E-state index contributed by atoms with van der Waals surface area (Å²) in [5, 5.41) is 2.93. The Morgan fingerprint density at radius 1 is 1.18 bits per heavy atom. The second-order valence-corrected chi connectivity index (χ2v) is 3.73. The van der Waals surface area contributed by atoms with E-state index in [0.29, 0.717) is 11.8 Å². The Labute approximate surface area is 101 Å². The van der Waals surface area contributed by atoms with Gasteiger partial charge in [0, 0.05) is 18.2 Å². The van der Waals surface area contributed by atoms with Crippen LogP contribution < -0.4 is 11.1 Å². The quantitative estimate of drug-likeness (QED) is 0.846. The Kier molecular flexibility index (Phi) is 3.23. The Hall–Kier alpha value is -2.10. The van der Waals surface area contributed by atoms with Crippen molar-refractivity contribution in [1.82, 2.24) is 9.97 Å². The summed E-state index contributed by atoms with van der Waals surface area (Å²) in [6.45, 7) is 2.06. The van der Waals surface area contributed by atoms with Gasteiger partial charge in [0.15, 0.2) is 0 Å². The molecule has 0 bridgehead atoms. The molecule has 0 saturated heterocycles. The smallest absolute Gasteiger partial charge is 0.224 e. The SMILES string of the molecule is CCc1c(N)nc(NC)nc1-c1ccccc1. The highest BCUT2D eigenvalue weighted by molar-refractivity contribution is 5.69. The molecule has 2 aromatic rings. The van der Waals surface area contributed by atoms with Crippen molar-refractivity contribution in [2.24, 2.45) is 0 Å². The third-order valence-corrected chi connectivity index (χ3v) is 2.66. The van der Waals surface area contributed by atoms with Gasteiger partial charge in [-0.2, -0.15) is 4.98 Å². The molecule has 0 aliphatic carbocycles. The van der Waals surface area contributed by atoms with Crippen molar-refractivity contribution in [2.75, 3.05) is 18.1 Å². The molecule has 1 aromatic carbocycles. The van der Waals surface area contributed by atoms with Gasteiger partial charge in [0.2, 0.25) is 5.95 Å². The molecule has 1 heterocycles. The van der Waals surface area contributed by atoms with Crippen LogP contribution in [-0.4, -0.2) is 17.0 Å². The molecule has 0 aliphatic rings. The van der Waals surface area contributed by atoms with E-state index in [0.717, 1.165) is 23.2 Å². The largest absolute Gasteiger partial charge is 0.383 e. The molecular formula is C13H16N4. The van der Waals surface area contributed by atoms with Gasteiger partial charge in [-0.1, -0.05) is 37.3 Å². The van der Waals surface area contributed by atoms with E-state index in [1.807, 2.05) is 30.3 Å². The molecule has 1 aromatic heterocycles. The summed E-state index contributed by atoms with van der Waals surface area (Å²) < 4.78 is 0. The van der Waals surface area contributed by atoms with Crippen molar-refractivity contribution >= 4 is 11.8 Å². The summed E-state index contributed by atoms with van der Waals surface area (Å²) in [6.07, 6.45) is 0.819. The number of aromatic nitrogens is 2. The number of rotatable bonds is 3. The van der Waals surface area contributed by atoms with Crippen molar-refractivity contribution in [3.63, 3.8) is 0 Å². The van der Waals surface area contributed by atoms with E-state index in [1.165, 1.54) is 0 Å². The Balaban J connectivity index is 2.62. The minimum absolute atomic E-state index is 0.547. The lowest BCUT2D eigenvalue weighted by Crippen LogP contribution is -2.06. The number of hydrogen-bond donors (Lipinski definition) is 2. The molecule has 0 amide bonds. The van der Waals surface area contributed by atoms with Gasteiger partial charge in [-0.15, -0.1) is 0 Å². The van der Waals surface area contributed by atoms with Crippen LogP contribution in [0.3, 0.4) is 0 Å². The number of benzene rings is 1. The van der Waals surface area contributed by atoms with Crippen LogP contribution in [0.1, 0.15) is 12.5 Å². The van der Waals surface area contributed by atoms with Gasteiger partial charge in [0.25, 0.3) is 0 Å². The summed E-state index contributed by atoms with van der Waals surface area (Å²) in [5.74, 6) is 1.10. The highest BCUT2D eigenvalue weighted by atomic mass is 15.1. The molecule has 0 radical (unpaired) electrons. The minimum atomic E-state index is 0.547. The van der Waals surface area contributed by atoms with Crippen molar-refractivity contribution in [3.8, 4) is 11.3 Å². The maximum atomic E-state index is 5.95. The minimum Gasteiger partial charge on any atom is -0.383 e. The molecule has 3 N–H and O–H groups in total. The lowest BCUT2D eigenvalue weighted by Gasteiger charge is -2.11. The first-order chi connectivity index (χ1) is 8.26. The van der Waals surface area contributed by atoms with E-state index in [4.69, 9.17) is 5.73 Å². The average Bonchev–Trinajstić information content (AvgIpc) is 2.38. The normalized spacial score (nSPS) is 10.2. The molecule has 0 aliphatic heterocycles. The predicted molar refractivity (Wildman–Crippen MR) is 70.8 cm³/mol. The maximum Gasteiger partial charge on any atom is 0.224 e. The van der Waals surface area contributed by atoms with Crippen LogP contribution in [0, 0.1) is 0 Å². The molecule has 0 saturated carbocycles. The van der Waals surface area contributed by atoms with Gasteiger partial charge in [-0.25, -0.2) is 4.98 Å². The highest BCUT2D eigenvalue weighted by Crippen LogP contribution is 2.26. The van der Waals surface area contributed by atoms with E-state index in [9.17, 15) is 0 Å². The summed E-state index contributed by atoms with van der Waals surface area (Å²) in [6, 6.07) is 10.0.